The largest absolute Gasteiger partial charge is 0.416 e. The Morgan fingerprint density at radius 2 is 1.60 bits per heavy atom. The first-order chi connectivity index (χ1) is 9.43. The Kier molecular flexibility index (Phi) is 3.95. The Balaban J connectivity index is 2.45. The van der Waals surface area contributed by atoms with E-state index in [4.69, 9.17) is 5.73 Å². The first-order valence-electron chi connectivity index (χ1n) is 6.08. The Labute approximate surface area is 115 Å². The van der Waals surface area contributed by atoms with Crippen molar-refractivity contribution in [1.82, 2.24) is 0 Å². The highest BCUT2D eigenvalue weighted by Crippen LogP contribution is 2.32. The molecule has 1 nitrogen and oxygen atoms in total. The summed E-state index contributed by atoms with van der Waals surface area (Å²) in [5.41, 5.74) is 8.08. The molecule has 0 saturated carbocycles. The normalized spacial score (nSPS) is 11.4. The minimum atomic E-state index is -4.32. The molecule has 0 atom stereocenters. The summed E-state index contributed by atoms with van der Waals surface area (Å²) in [6.45, 7) is 4.18. The molecule has 0 bridgehead atoms. The summed E-state index contributed by atoms with van der Waals surface area (Å²) < 4.78 is 37.7. The van der Waals surface area contributed by atoms with Crippen molar-refractivity contribution >= 4 is 5.57 Å². The van der Waals surface area contributed by atoms with Crippen LogP contribution < -0.4 is 5.73 Å². The van der Waals surface area contributed by atoms with Crippen molar-refractivity contribution in [2.75, 3.05) is 6.54 Å². The predicted octanol–water partition coefficient (Wildman–Crippen LogP) is 4.34. The number of hydrogen-bond donors (Lipinski definition) is 1. The quantitative estimate of drug-likeness (QED) is 0.887. The highest BCUT2D eigenvalue weighted by atomic mass is 19.4. The molecule has 0 aliphatic heterocycles. The van der Waals surface area contributed by atoms with Crippen LogP contribution in [0.1, 0.15) is 11.1 Å². The van der Waals surface area contributed by atoms with Gasteiger partial charge in [0.15, 0.2) is 0 Å². The second-order valence-corrected chi connectivity index (χ2v) is 4.43. The molecule has 0 aliphatic rings. The van der Waals surface area contributed by atoms with E-state index in [1.165, 1.54) is 12.1 Å². The third-order valence-electron chi connectivity index (χ3n) is 3.08. The SMILES string of the molecule is C=C(CN)c1ccccc1-c1ccc(C(F)(F)F)cc1. The molecule has 0 amide bonds. The molecule has 0 heterocycles. The number of hydrogen-bond acceptors (Lipinski definition) is 1. The highest BCUT2D eigenvalue weighted by Gasteiger charge is 2.30. The van der Waals surface area contributed by atoms with E-state index in [1.54, 1.807) is 0 Å². The van der Waals surface area contributed by atoms with Crippen LogP contribution >= 0.6 is 0 Å². The van der Waals surface area contributed by atoms with Gasteiger partial charge >= 0.3 is 6.18 Å². The lowest BCUT2D eigenvalue weighted by Crippen LogP contribution is -2.04. The van der Waals surface area contributed by atoms with Gasteiger partial charge in [-0.05, 0) is 34.4 Å². The highest BCUT2D eigenvalue weighted by molar-refractivity contribution is 5.81. The molecule has 2 N–H and O–H groups in total. The van der Waals surface area contributed by atoms with E-state index in [0.29, 0.717) is 12.1 Å². The van der Waals surface area contributed by atoms with Gasteiger partial charge in [-0.1, -0.05) is 43.0 Å². The van der Waals surface area contributed by atoms with Crippen molar-refractivity contribution in [3.8, 4) is 11.1 Å². The summed E-state index contributed by atoms with van der Waals surface area (Å²) in [5.74, 6) is 0. The monoisotopic (exact) mass is 277 g/mol. The molecule has 0 unspecified atom stereocenters. The zero-order chi connectivity index (χ0) is 14.8. The summed E-state index contributed by atoms with van der Waals surface area (Å²) in [4.78, 5) is 0. The molecule has 2 aromatic carbocycles. The third-order valence-corrected chi connectivity index (χ3v) is 3.08. The summed E-state index contributed by atoms with van der Waals surface area (Å²) >= 11 is 0. The summed E-state index contributed by atoms with van der Waals surface area (Å²) in [6, 6.07) is 12.5. The van der Waals surface area contributed by atoms with E-state index in [1.807, 2.05) is 24.3 Å². The van der Waals surface area contributed by atoms with E-state index < -0.39 is 11.7 Å². The second kappa shape index (κ2) is 5.51. The molecule has 2 aromatic rings. The third kappa shape index (κ3) is 2.91. The topological polar surface area (TPSA) is 26.0 Å². The van der Waals surface area contributed by atoms with Crippen molar-refractivity contribution < 1.29 is 13.2 Å². The molecule has 0 saturated heterocycles. The average Bonchev–Trinajstić information content (AvgIpc) is 2.45. The van der Waals surface area contributed by atoms with Crippen molar-refractivity contribution in [2.24, 2.45) is 5.73 Å². The van der Waals surface area contributed by atoms with Crippen LogP contribution in [0.4, 0.5) is 13.2 Å². The van der Waals surface area contributed by atoms with Gasteiger partial charge < -0.3 is 5.73 Å². The summed E-state index contributed by atoms with van der Waals surface area (Å²) in [5, 5.41) is 0. The lowest BCUT2D eigenvalue weighted by molar-refractivity contribution is -0.137. The first kappa shape index (κ1) is 14.3. The van der Waals surface area contributed by atoms with Gasteiger partial charge in [0.05, 0.1) is 5.56 Å². The molecule has 0 aliphatic carbocycles. The minimum Gasteiger partial charge on any atom is -0.326 e. The molecule has 0 radical (unpaired) electrons. The molecule has 0 spiro atoms. The smallest absolute Gasteiger partial charge is 0.326 e. The standard InChI is InChI=1S/C16H14F3N/c1-11(10-20)14-4-2-3-5-15(14)12-6-8-13(9-7-12)16(17,18)19/h2-9H,1,10,20H2. The Bertz CT molecular complexity index is 612. The molecule has 2 rings (SSSR count). The van der Waals surface area contributed by atoms with E-state index in [-0.39, 0.29) is 0 Å². The average molecular weight is 277 g/mol. The van der Waals surface area contributed by atoms with E-state index >= 15 is 0 Å². The fourth-order valence-electron chi connectivity index (χ4n) is 1.99. The summed E-state index contributed by atoms with van der Waals surface area (Å²) in [7, 11) is 0. The van der Waals surface area contributed by atoms with Crippen LogP contribution in [0.3, 0.4) is 0 Å². The van der Waals surface area contributed by atoms with Crippen LogP contribution in [0.2, 0.25) is 0 Å². The molecular formula is C16H14F3N. The number of halogens is 3. The zero-order valence-electron chi connectivity index (χ0n) is 10.7. The molecule has 0 fully saturated rings. The lowest BCUT2D eigenvalue weighted by atomic mass is 9.94. The number of alkyl halides is 3. The van der Waals surface area contributed by atoms with Crippen LogP contribution in [-0.2, 0) is 6.18 Å². The maximum atomic E-state index is 12.6. The Morgan fingerprint density at radius 3 is 2.15 bits per heavy atom. The fraction of sp³-hybridized carbons (Fsp3) is 0.125. The molecule has 20 heavy (non-hydrogen) atoms. The van der Waals surface area contributed by atoms with Crippen LogP contribution in [0.25, 0.3) is 16.7 Å². The van der Waals surface area contributed by atoms with Gasteiger partial charge in [-0.2, -0.15) is 13.2 Å². The van der Waals surface area contributed by atoms with Crippen LogP contribution in [0.15, 0.2) is 55.1 Å². The Morgan fingerprint density at radius 1 is 1.00 bits per heavy atom. The van der Waals surface area contributed by atoms with Crippen molar-refractivity contribution in [1.29, 1.82) is 0 Å². The van der Waals surface area contributed by atoms with Gasteiger partial charge in [-0.25, -0.2) is 0 Å². The number of benzene rings is 2. The first-order valence-corrected chi connectivity index (χ1v) is 6.08. The molecule has 0 aromatic heterocycles. The zero-order valence-corrected chi connectivity index (χ0v) is 10.7. The maximum Gasteiger partial charge on any atom is 0.416 e. The molecule has 4 heteroatoms. The maximum absolute atomic E-state index is 12.6. The predicted molar refractivity (Wildman–Crippen MR) is 75.0 cm³/mol. The van der Waals surface area contributed by atoms with Crippen LogP contribution in [0, 0.1) is 0 Å². The van der Waals surface area contributed by atoms with Gasteiger partial charge in [-0.15, -0.1) is 0 Å². The van der Waals surface area contributed by atoms with Gasteiger partial charge in [0.2, 0.25) is 0 Å². The van der Waals surface area contributed by atoms with Gasteiger partial charge in [0.1, 0.15) is 0 Å². The minimum absolute atomic E-state index is 0.303. The van der Waals surface area contributed by atoms with Crippen molar-refractivity contribution in [2.45, 2.75) is 6.18 Å². The summed E-state index contributed by atoms with van der Waals surface area (Å²) in [6.07, 6.45) is -4.32. The van der Waals surface area contributed by atoms with E-state index in [0.717, 1.165) is 28.8 Å². The van der Waals surface area contributed by atoms with Gasteiger partial charge in [0, 0.05) is 6.54 Å². The molecule has 104 valence electrons. The van der Waals surface area contributed by atoms with Crippen molar-refractivity contribution in [3.63, 3.8) is 0 Å². The Hall–Kier alpha value is -2.07. The van der Waals surface area contributed by atoms with Crippen LogP contribution in [-0.4, -0.2) is 6.54 Å². The number of rotatable bonds is 3. The van der Waals surface area contributed by atoms with E-state index in [9.17, 15) is 13.2 Å². The lowest BCUT2D eigenvalue weighted by Gasteiger charge is -2.12. The van der Waals surface area contributed by atoms with Gasteiger partial charge in [0.25, 0.3) is 0 Å². The fourth-order valence-corrected chi connectivity index (χ4v) is 1.99. The second-order valence-electron chi connectivity index (χ2n) is 4.43. The van der Waals surface area contributed by atoms with Gasteiger partial charge in [-0.3, -0.25) is 0 Å². The number of nitrogens with two attached hydrogens (primary N) is 1. The van der Waals surface area contributed by atoms with E-state index in [2.05, 4.69) is 6.58 Å². The molecular weight excluding hydrogens is 263 g/mol. The van der Waals surface area contributed by atoms with Crippen molar-refractivity contribution in [3.05, 3.63) is 66.2 Å². The van der Waals surface area contributed by atoms with Crippen LogP contribution in [0.5, 0.6) is 0 Å².